The number of nitrogens with one attached hydrogen (secondary N) is 1. The maximum Gasteiger partial charge on any atom is 0.338 e. The first-order chi connectivity index (χ1) is 12.1. The van der Waals surface area contributed by atoms with E-state index in [9.17, 15) is 9.59 Å². The van der Waals surface area contributed by atoms with Crippen molar-refractivity contribution in [1.29, 1.82) is 0 Å². The van der Waals surface area contributed by atoms with Gasteiger partial charge in [0.15, 0.2) is 6.61 Å². The minimum absolute atomic E-state index is 0.0617. The molecule has 0 aliphatic carbocycles. The van der Waals surface area contributed by atoms with Crippen LogP contribution >= 0.6 is 11.3 Å². The number of ether oxygens (including phenoxy) is 1. The minimum atomic E-state index is -1.09. The summed E-state index contributed by atoms with van der Waals surface area (Å²) in [5.41, 5.74) is 1.95. The van der Waals surface area contributed by atoms with Gasteiger partial charge in [-0.15, -0.1) is 11.3 Å². The average Bonchev–Trinajstić information content (AvgIpc) is 3.09. The summed E-state index contributed by atoms with van der Waals surface area (Å²) in [5.74, 6) is -0.998. The number of aromatic carboxylic acids is 1. The summed E-state index contributed by atoms with van der Waals surface area (Å²) in [7, 11) is 0. The van der Waals surface area contributed by atoms with Gasteiger partial charge >= 0.3 is 5.97 Å². The van der Waals surface area contributed by atoms with Gasteiger partial charge in [0, 0.05) is 28.7 Å². The van der Waals surface area contributed by atoms with Crippen molar-refractivity contribution in [3.63, 3.8) is 0 Å². The smallest absolute Gasteiger partial charge is 0.338 e. The summed E-state index contributed by atoms with van der Waals surface area (Å²) in [6.45, 7) is -0.223. The third-order valence-electron chi connectivity index (χ3n) is 3.25. The standard InChI is InChI=1S/C17H13N3O4S/c21-16(20-15-10-25-9-13(15)17(22)23)8-24-12-3-1-11(2-4-12)14-7-18-5-6-19-14/h1-7,9-10H,8H2,(H,20,21)(H,22,23). The van der Waals surface area contributed by atoms with Crippen molar-refractivity contribution >= 4 is 28.9 Å². The highest BCUT2D eigenvalue weighted by Crippen LogP contribution is 2.22. The number of hydrogen-bond donors (Lipinski definition) is 2. The molecule has 0 spiro atoms. The van der Waals surface area contributed by atoms with Crippen LogP contribution in [0.1, 0.15) is 10.4 Å². The summed E-state index contributed by atoms with van der Waals surface area (Å²) in [6.07, 6.45) is 4.87. The molecule has 0 saturated carbocycles. The lowest BCUT2D eigenvalue weighted by atomic mass is 10.1. The van der Waals surface area contributed by atoms with Crippen LogP contribution in [-0.4, -0.2) is 33.6 Å². The van der Waals surface area contributed by atoms with E-state index in [1.807, 2.05) is 12.1 Å². The Morgan fingerprint density at radius 1 is 1.16 bits per heavy atom. The number of carbonyl (C=O) groups is 2. The van der Waals surface area contributed by atoms with Gasteiger partial charge < -0.3 is 15.2 Å². The lowest BCUT2D eigenvalue weighted by Gasteiger charge is -2.08. The second kappa shape index (κ2) is 7.54. The van der Waals surface area contributed by atoms with Gasteiger partial charge in [0.2, 0.25) is 0 Å². The second-order valence-corrected chi connectivity index (χ2v) is 5.70. The molecular weight excluding hydrogens is 342 g/mol. The summed E-state index contributed by atoms with van der Waals surface area (Å²) < 4.78 is 5.42. The number of carboxylic acid groups (broad SMARTS) is 1. The molecule has 8 heteroatoms. The van der Waals surface area contributed by atoms with E-state index in [1.54, 1.807) is 36.1 Å². The largest absolute Gasteiger partial charge is 0.484 e. The van der Waals surface area contributed by atoms with E-state index < -0.39 is 11.9 Å². The fraction of sp³-hybridized carbons (Fsp3) is 0.0588. The fourth-order valence-electron chi connectivity index (χ4n) is 2.06. The molecule has 2 aromatic heterocycles. The second-order valence-electron chi connectivity index (χ2n) is 4.96. The van der Waals surface area contributed by atoms with Crippen LogP contribution in [0, 0.1) is 0 Å². The summed E-state index contributed by atoms with van der Waals surface area (Å²) in [5, 5.41) is 14.6. The van der Waals surface area contributed by atoms with E-state index >= 15 is 0 Å². The number of nitrogens with zero attached hydrogens (tertiary/aromatic N) is 2. The fourth-order valence-corrected chi connectivity index (χ4v) is 2.82. The Labute approximate surface area is 147 Å². The molecule has 2 heterocycles. The summed E-state index contributed by atoms with van der Waals surface area (Å²) >= 11 is 1.20. The molecule has 2 N–H and O–H groups in total. The van der Waals surface area contributed by atoms with Crippen LogP contribution in [-0.2, 0) is 4.79 Å². The van der Waals surface area contributed by atoms with Crippen molar-refractivity contribution < 1.29 is 19.4 Å². The Morgan fingerprint density at radius 3 is 2.64 bits per heavy atom. The van der Waals surface area contributed by atoms with Crippen LogP contribution in [0.5, 0.6) is 5.75 Å². The zero-order chi connectivity index (χ0) is 17.6. The Balaban J connectivity index is 1.57. The lowest BCUT2D eigenvalue weighted by Crippen LogP contribution is -2.21. The highest BCUT2D eigenvalue weighted by molar-refractivity contribution is 7.08. The van der Waals surface area contributed by atoms with Crippen LogP contribution in [0.2, 0.25) is 0 Å². The van der Waals surface area contributed by atoms with Gasteiger partial charge in [-0.1, -0.05) is 0 Å². The number of hydrogen-bond acceptors (Lipinski definition) is 6. The van der Waals surface area contributed by atoms with Crippen LogP contribution in [0.15, 0.2) is 53.6 Å². The lowest BCUT2D eigenvalue weighted by molar-refractivity contribution is -0.118. The van der Waals surface area contributed by atoms with Crippen molar-refractivity contribution in [2.45, 2.75) is 0 Å². The Bertz CT molecular complexity index is 878. The number of amides is 1. The van der Waals surface area contributed by atoms with Gasteiger partial charge in [0.25, 0.3) is 5.91 Å². The molecule has 126 valence electrons. The monoisotopic (exact) mass is 355 g/mol. The Morgan fingerprint density at radius 2 is 1.96 bits per heavy atom. The number of aromatic nitrogens is 2. The van der Waals surface area contributed by atoms with Gasteiger partial charge in [0.1, 0.15) is 5.75 Å². The third kappa shape index (κ3) is 4.18. The van der Waals surface area contributed by atoms with E-state index in [4.69, 9.17) is 9.84 Å². The highest BCUT2D eigenvalue weighted by Gasteiger charge is 2.13. The number of anilines is 1. The number of carboxylic acids is 1. The average molecular weight is 355 g/mol. The molecule has 0 saturated heterocycles. The Hall–Kier alpha value is -3.26. The first kappa shape index (κ1) is 16.6. The van der Waals surface area contributed by atoms with E-state index in [2.05, 4.69) is 15.3 Å². The molecule has 1 amide bonds. The minimum Gasteiger partial charge on any atom is -0.484 e. The predicted octanol–water partition coefficient (Wildman–Crippen LogP) is 2.92. The molecule has 7 nitrogen and oxygen atoms in total. The third-order valence-corrected chi connectivity index (χ3v) is 3.99. The van der Waals surface area contributed by atoms with Crippen LogP contribution < -0.4 is 10.1 Å². The summed E-state index contributed by atoms with van der Waals surface area (Å²) in [4.78, 5) is 31.1. The van der Waals surface area contributed by atoms with Crippen LogP contribution in [0.3, 0.4) is 0 Å². The van der Waals surface area contributed by atoms with E-state index in [1.165, 1.54) is 16.7 Å². The molecule has 0 aliphatic rings. The number of rotatable bonds is 6. The van der Waals surface area contributed by atoms with Gasteiger partial charge in [-0.3, -0.25) is 14.8 Å². The Kier molecular flexibility index (Phi) is 5.00. The molecular formula is C17H13N3O4S. The topological polar surface area (TPSA) is 101 Å². The molecule has 0 atom stereocenters. The first-order valence-electron chi connectivity index (χ1n) is 7.22. The SMILES string of the molecule is O=C(COc1ccc(-c2cnccn2)cc1)Nc1cscc1C(=O)O. The molecule has 3 aromatic rings. The summed E-state index contributed by atoms with van der Waals surface area (Å²) in [6, 6.07) is 7.09. The van der Waals surface area contributed by atoms with Gasteiger partial charge in [-0.25, -0.2) is 4.79 Å². The zero-order valence-electron chi connectivity index (χ0n) is 12.9. The molecule has 0 aliphatic heterocycles. The molecule has 0 radical (unpaired) electrons. The van der Waals surface area contributed by atoms with Crippen LogP contribution in [0.4, 0.5) is 5.69 Å². The zero-order valence-corrected chi connectivity index (χ0v) is 13.7. The molecule has 25 heavy (non-hydrogen) atoms. The van der Waals surface area contributed by atoms with E-state index in [0.29, 0.717) is 5.75 Å². The van der Waals surface area contributed by atoms with Gasteiger partial charge in [-0.2, -0.15) is 0 Å². The number of carbonyl (C=O) groups excluding carboxylic acids is 1. The van der Waals surface area contributed by atoms with Crippen molar-refractivity contribution in [1.82, 2.24) is 9.97 Å². The van der Waals surface area contributed by atoms with Gasteiger partial charge in [-0.05, 0) is 24.3 Å². The predicted molar refractivity (Wildman–Crippen MR) is 92.9 cm³/mol. The van der Waals surface area contributed by atoms with Crippen molar-refractivity contribution in [2.75, 3.05) is 11.9 Å². The van der Waals surface area contributed by atoms with Crippen LogP contribution in [0.25, 0.3) is 11.3 Å². The quantitative estimate of drug-likeness (QED) is 0.705. The van der Waals surface area contributed by atoms with E-state index in [-0.39, 0.29) is 17.9 Å². The van der Waals surface area contributed by atoms with Crippen molar-refractivity contribution in [3.05, 3.63) is 59.2 Å². The normalized spacial score (nSPS) is 10.2. The number of benzene rings is 1. The van der Waals surface area contributed by atoms with Crippen molar-refractivity contribution in [3.8, 4) is 17.0 Å². The molecule has 3 rings (SSSR count). The maximum atomic E-state index is 11.9. The van der Waals surface area contributed by atoms with Crippen molar-refractivity contribution in [2.24, 2.45) is 0 Å². The van der Waals surface area contributed by atoms with E-state index in [0.717, 1.165) is 11.3 Å². The van der Waals surface area contributed by atoms with Gasteiger partial charge in [0.05, 0.1) is 23.1 Å². The number of thiophene rings is 1. The maximum absolute atomic E-state index is 11.9. The molecule has 1 aromatic carbocycles. The molecule has 0 fully saturated rings. The molecule has 0 unspecified atom stereocenters. The highest BCUT2D eigenvalue weighted by atomic mass is 32.1. The first-order valence-corrected chi connectivity index (χ1v) is 8.16. The molecule has 0 bridgehead atoms.